The topological polar surface area (TPSA) is 78.9 Å². The number of benzene rings is 2. The van der Waals surface area contributed by atoms with Crippen molar-refractivity contribution in [1.82, 2.24) is 10.2 Å². The molecule has 1 atom stereocenters. The zero-order valence-electron chi connectivity index (χ0n) is 17.8. The molecule has 0 saturated carbocycles. The number of carbonyl (C=O) groups excluding carboxylic acids is 2. The predicted molar refractivity (Wildman–Crippen MR) is 117 cm³/mol. The van der Waals surface area contributed by atoms with Crippen LogP contribution < -0.4 is 5.32 Å². The summed E-state index contributed by atoms with van der Waals surface area (Å²) >= 11 is 0. The molecule has 2 aromatic carbocycles. The molecule has 2 amide bonds. The molecule has 0 aliphatic heterocycles. The Morgan fingerprint density at radius 3 is 2.13 bits per heavy atom. The molecule has 2 N–H and O–H groups in total. The van der Waals surface area contributed by atoms with Gasteiger partial charge in [-0.05, 0) is 23.5 Å². The van der Waals surface area contributed by atoms with E-state index in [0.29, 0.717) is 18.9 Å². The fourth-order valence-corrected chi connectivity index (χ4v) is 2.96. The van der Waals surface area contributed by atoms with E-state index in [0.717, 1.165) is 17.5 Å². The molecule has 0 bridgehead atoms. The third-order valence-corrected chi connectivity index (χ3v) is 4.72. The van der Waals surface area contributed by atoms with Crippen LogP contribution in [0.4, 0.5) is 4.79 Å². The van der Waals surface area contributed by atoms with Crippen molar-refractivity contribution in [2.45, 2.75) is 39.3 Å². The summed E-state index contributed by atoms with van der Waals surface area (Å²) < 4.78 is 5.48. The average molecular weight is 413 g/mol. The third kappa shape index (κ3) is 8.25. The van der Waals surface area contributed by atoms with Crippen molar-refractivity contribution in [2.75, 3.05) is 19.7 Å². The van der Waals surface area contributed by atoms with Gasteiger partial charge in [-0.15, -0.1) is 0 Å². The zero-order valence-corrected chi connectivity index (χ0v) is 17.8. The smallest absolute Gasteiger partial charge is 0.329 e. The van der Waals surface area contributed by atoms with Gasteiger partial charge >= 0.3 is 12.0 Å². The van der Waals surface area contributed by atoms with Gasteiger partial charge in [0.1, 0.15) is 12.6 Å². The number of nitrogens with zero attached hydrogens (tertiary/aromatic N) is 1. The highest BCUT2D eigenvalue weighted by Gasteiger charge is 2.25. The summed E-state index contributed by atoms with van der Waals surface area (Å²) in [6, 6.07) is 17.8. The van der Waals surface area contributed by atoms with Crippen LogP contribution in [-0.4, -0.2) is 47.7 Å². The van der Waals surface area contributed by atoms with Crippen molar-refractivity contribution in [3.05, 3.63) is 71.8 Å². The minimum absolute atomic E-state index is 0.132. The number of aliphatic hydroxyl groups is 1. The number of carbonyl (C=O) groups is 2. The van der Waals surface area contributed by atoms with Crippen molar-refractivity contribution in [2.24, 2.45) is 5.92 Å². The van der Waals surface area contributed by atoms with Gasteiger partial charge in [-0.25, -0.2) is 9.59 Å². The third-order valence-electron chi connectivity index (χ3n) is 4.72. The van der Waals surface area contributed by atoms with Crippen LogP contribution in [-0.2, 0) is 22.6 Å². The standard InChI is InChI=1S/C24H32N2O4/c1-19(2)13-14-26(15-16-27)24(29)25-22(17-20-9-5-3-6-10-20)23(28)30-18-21-11-7-4-8-12-21/h3-12,19,22,27H,13-18H2,1-2H3,(H,25,29)/t22-/m0/s1. The summed E-state index contributed by atoms with van der Waals surface area (Å²) in [5.41, 5.74) is 1.81. The Kier molecular flexibility index (Phi) is 9.87. The van der Waals surface area contributed by atoms with Crippen molar-refractivity contribution >= 4 is 12.0 Å². The molecule has 0 aromatic heterocycles. The van der Waals surface area contributed by atoms with Gasteiger partial charge in [0.05, 0.1) is 6.61 Å². The Bertz CT molecular complexity index is 765. The lowest BCUT2D eigenvalue weighted by Gasteiger charge is -2.26. The van der Waals surface area contributed by atoms with Crippen LogP contribution in [0.25, 0.3) is 0 Å². The highest BCUT2D eigenvalue weighted by Crippen LogP contribution is 2.09. The molecule has 0 radical (unpaired) electrons. The van der Waals surface area contributed by atoms with Gasteiger partial charge in [0.25, 0.3) is 0 Å². The molecule has 0 aliphatic rings. The predicted octanol–water partition coefficient (Wildman–Crippen LogP) is 3.39. The molecule has 6 nitrogen and oxygen atoms in total. The van der Waals surface area contributed by atoms with E-state index in [-0.39, 0.29) is 25.8 Å². The highest BCUT2D eigenvalue weighted by molar-refractivity contribution is 5.84. The number of rotatable bonds is 11. The monoisotopic (exact) mass is 412 g/mol. The maximum absolute atomic E-state index is 12.8. The molecular formula is C24H32N2O4. The van der Waals surface area contributed by atoms with Crippen molar-refractivity contribution in [3.63, 3.8) is 0 Å². The summed E-state index contributed by atoms with van der Waals surface area (Å²) in [6.45, 7) is 4.90. The van der Waals surface area contributed by atoms with Crippen molar-refractivity contribution < 1.29 is 19.4 Å². The second kappa shape index (κ2) is 12.6. The van der Waals surface area contributed by atoms with E-state index in [9.17, 15) is 14.7 Å². The minimum atomic E-state index is -0.816. The minimum Gasteiger partial charge on any atom is -0.459 e. The van der Waals surface area contributed by atoms with Crippen LogP contribution in [0.2, 0.25) is 0 Å². The number of amides is 2. The van der Waals surface area contributed by atoms with Crippen molar-refractivity contribution in [1.29, 1.82) is 0 Å². The SMILES string of the molecule is CC(C)CCN(CCO)C(=O)N[C@@H](Cc1ccccc1)C(=O)OCc1ccccc1. The van der Waals surface area contributed by atoms with Crippen LogP contribution in [0.5, 0.6) is 0 Å². The average Bonchev–Trinajstić information content (AvgIpc) is 2.75. The molecule has 0 unspecified atom stereocenters. The Morgan fingerprint density at radius 1 is 0.967 bits per heavy atom. The largest absolute Gasteiger partial charge is 0.459 e. The first kappa shape index (κ1) is 23.4. The van der Waals surface area contributed by atoms with E-state index >= 15 is 0 Å². The first-order valence-corrected chi connectivity index (χ1v) is 10.4. The maximum atomic E-state index is 12.8. The molecule has 162 valence electrons. The normalized spacial score (nSPS) is 11.7. The van der Waals surface area contributed by atoms with Gasteiger partial charge < -0.3 is 20.1 Å². The zero-order chi connectivity index (χ0) is 21.8. The summed E-state index contributed by atoms with van der Waals surface area (Å²) in [5.74, 6) is -0.0567. The van der Waals surface area contributed by atoms with Gasteiger partial charge in [-0.2, -0.15) is 0 Å². The molecule has 30 heavy (non-hydrogen) atoms. The molecule has 2 aromatic rings. The lowest BCUT2D eigenvalue weighted by Crippen LogP contribution is -2.50. The quantitative estimate of drug-likeness (QED) is 0.555. The van der Waals surface area contributed by atoms with Crippen LogP contribution in [0, 0.1) is 5.92 Å². The number of hydrogen-bond donors (Lipinski definition) is 2. The Hall–Kier alpha value is -2.86. The van der Waals surface area contributed by atoms with E-state index in [1.54, 1.807) is 4.90 Å². The molecule has 0 saturated heterocycles. The summed E-state index contributed by atoms with van der Waals surface area (Å²) in [5, 5.41) is 12.1. The molecule has 0 heterocycles. The van der Waals surface area contributed by atoms with Crippen LogP contribution in [0.15, 0.2) is 60.7 Å². The van der Waals surface area contributed by atoms with E-state index < -0.39 is 12.0 Å². The van der Waals surface area contributed by atoms with Gasteiger partial charge in [-0.3, -0.25) is 0 Å². The number of nitrogens with one attached hydrogen (secondary N) is 1. The van der Waals surface area contributed by atoms with Crippen LogP contribution in [0.3, 0.4) is 0 Å². The Morgan fingerprint density at radius 2 is 1.57 bits per heavy atom. The fraction of sp³-hybridized carbons (Fsp3) is 0.417. The lowest BCUT2D eigenvalue weighted by atomic mass is 10.1. The first-order chi connectivity index (χ1) is 14.5. The van der Waals surface area contributed by atoms with Gasteiger partial charge in [0.2, 0.25) is 0 Å². The maximum Gasteiger partial charge on any atom is 0.329 e. The van der Waals surface area contributed by atoms with Crippen LogP contribution >= 0.6 is 0 Å². The van der Waals surface area contributed by atoms with Crippen LogP contribution in [0.1, 0.15) is 31.4 Å². The molecule has 0 fully saturated rings. The summed E-state index contributed by atoms with van der Waals surface area (Å²) in [6.07, 6.45) is 1.15. The molecule has 0 spiro atoms. The Labute approximate surface area is 178 Å². The highest BCUT2D eigenvalue weighted by atomic mass is 16.5. The number of hydrogen-bond acceptors (Lipinski definition) is 4. The molecule has 2 rings (SSSR count). The van der Waals surface area contributed by atoms with E-state index in [1.807, 2.05) is 60.7 Å². The summed E-state index contributed by atoms with van der Waals surface area (Å²) in [4.78, 5) is 27.2. The number of ether oxygens (including phenoxy) is 1. The molecule has 0 aliphatic carbocycles. The van der Waals surface area contributed by atoms with Crippen molar-refractivity contribution in [3.8, 4) is 0 Å². The van der Waals surface area contributed by atoms with Gasteiger partial charge in [-0.1, -0.05) is 74.5 Å². The molecule has 6 heteroatoms. The Balaban J connectivity index is 2.07. The molecular weight excluding hydrogens is 380 g/mol. The number of urea groups is 1. The first-order valence-electron chi connectivity index (χ1n) is 10.4. The summed E-state index contributed by atoms with van der Waals surface area (Å²) in [7, 11) is 0. The van der Waals surface area contributed by atoms with Gasteiger partial charge in [0, 0.05) is 19.5 Å². The second-order valence-electron chi connectivity index (χ2n) is 7.68. The van der Waals surface area contributed by atoms with E-state index in [2.05, 4.69) is 19.2 Å². The van der Waals surface area contributed by atoms with Gasteiger partial charge in [0.15, 0.2) is 0 Å². The lowest BCUT2D eigenvalue weighted by molar-refractivity contribution is -0.147. The van der Waals surface area contributed by atoms with E-state index in [1.165, 1.54) is 0 Å². The van der Waals surface area contributed by atoms with E-state index in [4.69, 9.17) is 4.74 Å². The number of esters is 1. The fourth-order valence-electron chi connectivity index (χ4n) is 2.96. The second-order valence-corrected chi connectivity index (χ2v) is 7.68. The number of aliphatic hydroxyl groups excluding tert-OH is 1.